The summed E-state index contributed by atoms with van der Waals surface area (Å²) >= 11 is 5.76. The molecule has 2 rings (SSSR count). The first-order valence-corrected chi connectivity index (χ1v) is 7.14. The normalized spacial score (nSPS) is 10.3. The number of benzene rings is 2. The minimum absolute atomic E-state index is 0.201. The summed E-state index contributed by atoms with van der Waals surface area (Å²) in [6, 6.07) is 13.2. The molecule has 0 radical (unpaired) electrons. The molecular formula is C17H15ClN2O3. The van der Waals surface area contributed by atoms with Crippen molar-refractivity contribution in [3.8, 4) is 5.75 Å². The van der Waals surface area contributed by atoms with E-state index in [0.29, 0.717) is 21.9 Å². The van der Waals surface area contributed by atoms with Gasteiger partial charge in [0.05, 0.1) is 7.11 Å². The number of hydrogen-bond acceptors (Lipinski definition) is 4. The Bertz CT molecular complexity index is 710. The van der Waals surface area contributed by atoms with Crippen molar-refractivity contribution in [1.29, 1.82) is 0 Å². The summed E-state index contributed by atoms with van der Waals surface area (Å²) in [7, 11) is 1.55. The number of ether oxygens (including phenoxy) is 1. The zero-order valence-electron chi connectivity index (χ0n) is 12.4. The van der Waals surface area contributed by atoms with Crippen LogP contribution in [0.5, 0.6) is 5.75 Å². The number of methoxy groups -OCH3 is 1. The Balaban J connectivity index is 1.84. The van der Waals surface area contributed by atoms with Gasteiger partial charge in [0.1, 0.15) is 5.75 Å². The van der Waals surface area contributed by atoms with Crippen molar-refractivity contribution in [2.75, 3.05) is 7.11 Å². The van der Waals surface area contributed by atoms with Gasteiger partial charge in [-0.05, 0) is 48.5 Å². The van der Waals surface area contributed by atoms with Crippen LogP contribution in [0.15, 0.2) is 60.8 Å². The molecule has 0 aliphatic carbocycles. The van der Waals surface area contributed by atoms with E-state index in [0.717, 1.165) is 0 Å². The first-order valence-electron chi connectivity index (χ1n) is 6.76. The Morgan fingerprint density at radius 1 is 1.00 bits per heavy atom. The zero-order chi connectivity index (χ0) is 16.7. The fraction of sp³-hybridized carbons (Fsp3) is 0.0588. The van der Waals surface area contributed by atoms with Crippen LogP contribution in [0.25, 0.3) is 0 Å². The third-order valence-corrected chi connectivity index (χ3v) is 3.24. The molecule has 1 amide bonds. The van der Waals surface area contributed by atoms with Crippen molar-refractivity contribution >= 4 is 23.3 Å². The van der Waals surface area contributed by atoms with E-state index < -0.39 is 0 Å². The molecule has 5 nitrogen and oxygen atoms in total. The van der Waals surface area contributed by atoms with Crippen LogP contribution in [0.2, 0.25) is 5.02 Å². The Labute approximate surface area is 138 Å². The molecule has 2 aromatic rings. The Morgan fingerprint density at radius 2 is 1.61 bits per heavy atom. The topological polar surface area (TPSA) is 67.4 Å². The van der Waals surface area contributed by atoms with Crippen LogP contribution in [0.3, 0.4) is 0 Å². The fourth-order valence-corrected chi connectivity index (χ4v) is 1.88. The summed E-state index contributed by atoms with van der Waals surface area (Å²) in [5.41, 5.74) is 6.01. The Morgan fingerprint density at radius 3 is 2.22 bits per heavy atom. The molecule has 0 aliphatic heterocycles. The largest absolute Gasteiger partial charge is 0.497 e. The molecule has 0 aliphatic rings. The molecule has 6 heteroatoms. The van der Waals surface area contributed by atoms with Gasteiger partial charge < -0.3 is 10.2 Å². The minimum atomic E-state index is -0.323. The Kier molecular flexibility index (Phi) is 5.77. The second kappa shape index (κ2) is 8.00. The molecule has 0 spiro atoms. The summed E-state index contributed by atoms with van der Waals surface area (Å²) in [6.45, 7) is 0. The number of carbonyl (C=O) groups is 2. The van der Waals surface area contributed by atoms with Crippen LogP contribution in [0.1, 0.15) is 20.7 Å². The van der Waals surface area contributed by atoms with Gasteiger partial charge in [0.15, 0.2) is 5.78 Å². The molecule has 0 atom stereocenters. The van der Waals surface area contributed by atoms with E-state index in [-0.39, 0.29) is 11.7 Å². The molecule has 0 heterocycles. The molecular weight excluding hydrogens is 316 g/mol. The first-order chi connectivity index (χ1) is 11.1. The first kappa shape index (κ1) is 16.6. The maximum atomic E-state index is 11.8. The Hall–Kier alpha value is -2.79. The monoisotopic (exact) mass is 330 g/mol. The SMILES string of the molecule is COc1ccc(C(=O)NN/C=C/C(=O)c2ccc(Cl)cc2)cc1. The quantitative estimate of drug-likeness (QED) is 0.485. The molecule has 0 saturated carbocycles. The molecule has 118 valence electrons. The standard InChI is InChI=1S/C17H15ClN2O3/c1-23-15-8-4-13(5-9-15)17(22)20-19-11-10-16(21)12-2-6-14(18)7-3-12/h2-11,19H,1H3,(H,20,22)/b11-10+. The number of hydrogen-bond donors (Lipinski definition) is 2. The van der Waals surface area contributed by atoms with Gasteiger partial charge in [0.2, 0.25) is 0 Å². The summed E-state index contributed by atoms with van der Waals surface area (Å²) in [5, 5.41) is 0.565. The lowest BCUT2D eigenvalue weighted by atomic mass is 10.1. The van der Waals surface area contributed by atoms with E-state index >= 15 is 0 Å². The number of ketones is 1. The van der Waals surface area contributed by atoms with Crippen molar-refractivity contribution in [2.45, 2.75) is 0 Å². The summed E-state index contributed by atoms with van der Waals surface area (Å²) in [5.74, 6) is 0.145. The van der Waals surface area contributed by atoms with Crippen LogP contribution in [-0.2, 0) is 0 Å². The van der Waals surface area contributed by atoms with E-state index in [2.05, 4.69) is 10.9 Å². The number of amides is 1. The smallest absolute Gasteiger partial charge is 0.269 e. The number of halogens is 1. The highest BCUT2D eigenvalue weighted by Crippen LogP contribution is 2.11. The van der Waals surface area contributed by atoms with Gasteiger partial charge >= 0.3 is 0 Å². The van der Waals surface area contributed by atoms with Gasteiger partial charge in [0.25, 0.3) is 5.91 Å². The van der Waals surface area contributed by atoms with Gasteiger partial charge in [-0.25, -0.2) is 0 Å². The molecule has 23 heavy (non-hydrogen) atoms. The number of allylic oxidation sites excluding steroid dienone is 1. The molecule has 2 aromatic carbocycles. The van der Waals surface area contributed by atoms with Gasteiger partial charge in [-0.15, -0.1) is 0 Å². The molecule has 0 aromatic heterocycles. The second-order valence-electron chi connectivity index (χ2n) is 4.53. The van der Waals surface area contributed by atoms with Gasteiger partial charge in [-0.2, -0.15) is 0 Å². The van der Waals surface area contributed by atoms with Crippen molar-refractivity contribution in [3.63, 3.8) is 0 Å². The predicted molar refractivity (Wildman–Crippen MR) is 88.5 cm³/mol. The van der Waals surface area contributed by atoms with Crippen LogP contribution >= 0.6 is 11.6 Å². The lowest BCUT2D eigenvalue weighted by Crippen LogP contribution is -2.33. The predicted octanol–water partition coefficient (Wildman–Crippen LogP) is 2.98. The molecule has 0 unspecified atom stereocenters. The highest BCUT2D eigenvalue weighted by atomic mass is 35.5. The number of carbonyl (C=O) groups excluding carboxylic acids is 2. The van der Waals surface area contributed by atoms with E-state index in [9.17, 15) is 9.59 Å². The summed E-state index contributed by atoms with van der Waals surface area (Å²) < 4.78 is 5.02. The minimum Gasteiger partial charge on any atom is -0.497 e. The molecule has 0 saturated heterocycles. The third kappa shape index (κ3) is 4.86. The van der Waals surface area contributed by atoms with Gasteiger partial charge in [0, 0.05) is 28.4 Å². The van der Waals surface area contributed by atoms with Crippen LogP contribution in [-0.4, -0.2) is 18.8 Å². The summed E-state index contributed by atoms with van der Waals surface area (Å²) in [6.07, 6.45) is 2.68. The maximum Gasteiger partial charge on any atom is 0.269 e. The average Bonchev–Trinajstić information content (AvgIpc) is 2.59. The van der Waals surface area contributed by atoms with Gasteiger partial charge in [-0.3, -0.25) is 15.0 Å². The molecule has 0 bridgehead atoms. The van der Waals surface area contributed by atoms with Gasteiger partial charge in [-0.1, -0.05) is 11.6 Å². The lowest BCUT2D eigenvalue weighted by Gasteiger charge is -2.05. The second-order valence-corrected chi connectivity index (χ2v) is 4.97. The highest BCUT2D eigenvalue weighted by Gasteiger charge is 2.04. The number of hydrazine groups is 1. The van der Waals surface area contributed by atoms with E-state index in [1.165, 1.54) is 12.3 Å². The number of rotatable bonds is 6. The van der Waals surface area contributed by atoms with Crippen LogP contribution in [0.4, 0.5) is 0 Å². The average molecular weight is 331 g/mol. The van der Waals surface area contributed by atoms with Crippen molar-refractivity contribution < 1.29 is 14.3 Å². The molecule has 2 N–H and O–H groups in total. The maximum absolute atomic E-state index is 11.8. The third-order valence-electron chi connectivity index (χ3n) is 2.98. The number of nitrogens with one attached hydrogen (secondary N) is 2. The van der Waals surface area contributed by atoms with E-state index in [1.54, 1.807) is 55.6 Å². The van der Waals surface area contributed by atoms with Crippen molar-refractivity contribution in [3.05, 3.63) is 77.0 Å². The zero-order valence-corrected chi connectivity index (χ0v) is 13.1. The van der Waals surface area contributed by atoms with E-state index in [4.69, 9.17) is 16.3 Å². The van der Waals surface area contributed by atoms with Crippen molar-refractivity contribution in [2.24, 2.45) is 0 Å². The lowest BCUT2D eigenvalue weighted by molar-refractivity contribution is 0.0939. The fourth-order valence-electron chi connectivity index (χ4n) is 1.75. The highest BCUT2D eigenvalue weighted by molar-refractivity contribution is 6.30. The van der Waals surface area contributed by atoms with E-state index in [1.807, 2.05) is 0 Å². The van der Waals surface area contributed by atoms with Crippen LogP contribution in [0, 0.1) is 0 Å². The van der Waals surface area contributed by atoms with Crippen molar-refractivity contribution in [1.82, 2.24) is 10.9 Å². The molecule has 0 fully saturated rings. The van der Waals surface area contributed by atoms with Crippen LogP contribution < -0.4 is 15.6 Å². The summed E-state index contributed by atoms with van der Waals surface area (Å²) in [4.78, 5) is 23.7.